The molecule has 1 atom stereocenters. The molecule has 5 aromatic rings. The molecule has 48 heavy (non-hydrogen) atoms. The van der Waals surface area contributed by atoms with Gasteiger partial charge in [0.15, 0.2) is 12.1 Å². The highest BCUT2D eigenvalue weighted by atomic mass is 19.1. The van der Waals surface area contributed by atoms with Crippen LogP contribution < -0.4 is 10.1 Å². The van der Waals surface area contributed by atoms with E-state index in [1.54, 1.807) is 24.5 Å². The minimum Gasteiger partial charge on any atom is -0.496 e. The van der Waals surface area contributed by atoms with Gasteiger partial charge in [-0.2, -0.15) is 0 Å². The van der Waals surface area contributed by atoms with Gasteiger partial charge in [0.25, 0.3) is 0 Å². The number of carboxylic acids is 1. The number of pyridine rings is 2. The van der Waals surface area contributed by atoms with Crippen LogP contribution >= 0.6 is 0 Å². The first kappa shape index (κ1) is 32.5. The molecule has 9 heteroatoms. The Morgan fingerprint density at radius 1 is 1.02 bits per heavy atom. The largest absolute Gasteiger partial charge is 0.496 e. The molecule has 1 fully saturated rings. The minimum absolute atomic E-state index is 0.319. The van der Waals surface area contributed by atoms with E-state index >= 15 is 4.39 Å². The fourth-order valence-electron chi connectivity index (χ4n) is 6.45. The maximum atomic E-state index is 15.5. The summed E-state index contributed by atoms with van der Waals surface area (Å²) >= 11 is 0. The summed E-state index contributed by atoms with van der Waals surface area (Å²) in [7, 11) is 1.45. The Bertz CT molecular complexity index is 2040. The second kappa shape index (κ2) is 14.1. The lowest BCUT2D eigenvalue weighted by Gasteiger charge is -2.32. The molecule has 1 aliphatic heterocycles. The number of fused-ring (bicyclic) bond motifs is 1. The molecule has 8 nitrogen and oxygen atoms in total. The van der Waals surface area contributed by atoms with Crippen LogP contribution in [0.15, 0.2) is 79.1 Å². The maximum absolute atomic E-state index is 15.5. The SMILES string of the molecule is COc1cc(/C(F)=C/c2cccc(-c3cccc(Nc4nccc5cc(CN6CCCCC6C(=O)O)cnc45)c3C)c2C)ccc1C=O. The zero-order valence-electron chi connectivity index (χ0n) is 27.2. The van der Waals surface area contributed by atoms with Crippen molar-refractivity contribution in [3.05, 3.63) is 113 Å². The summed E-state index contributed by atoms with van der Waals surface area (Å²) in [5.41, 5.74) is 7.84. The second-order valence-corrected chi connectivity index (χ2v) is 12.1. The molecule has 0 amide bonds. The zero-order chi connectivity index (χ0) is 33.8. The van der Waals surface area contributed by atoms with Crippen molar-refractivity contribution < 1.29 is 23.8 Å². The van der Waals surface area contributed by atoms with Crippen LogP contribution in [0.5, 0.6) is 5.75 Å². The summed E-state index contributed by atoms with van der Waals surface area (Å²) in [6.45, 7) is 5.30. The van der Waals surface area contributed by atoms with Gasteiger partial charge in [-0.3, -0.25) is 19.5 Å². The first-order chi connectivity index (χ1) is 23.3. The first-order valence-corrected chi connectivity index (χ1v) is 15.9. The highest BCUT2D eigenvalue weighted by Gasteiger charge is 2.28. The van der Waals surface area contributed by atoms with Crippen LogP contribution in [0.2, 0.25) is 0 Å². The Morgan fingerprint density at radius 3 is 2.58 bits per heavy atom. The quantitative estimate of drug-likeness (QED) is 0.115. The number of aliphatic carboxylic acids is 1. The third-order valence-electron chi connectivity index (χ3n) is 9.11. The van der Waals surface area contributed by atoms with Crippen molar-refractivity contribution >= 4 is 46.6 Å². The van der Waals surface area contributed by atoms with Gasteiger partial charge < -0.3 is 15.2 Å². The van der Waals surface area contributed by atoms with Crippen molar-refractivity contribution in [1.82, 2.24) is 14.9 Å². The molecule has 1 unspecified atom stereocenters. The summed E-state index contributed by atoms with van der Waals surface area (Å²) in [6.07, 6.45) is 8.32. The van der Waals surface area contributed by atoms with Crippen molar-refractivity contribution in [2.75, 3.05) is 19.0 Å². The number of aldehydes is 1. The lowest BCUT2D eigenvalue weighted by molar-refractivity contribution is -0.144. The normalized spacial score (nSPS) is 15.3. The highest BCUT2D eigenvalue weighted by Crippen LogP contribution is 2.35. The number of carbonyl (C=O) groups excluding carboxylic acids is 1. The topological polar surface area (TPSA) is 105 Å². The number of nitrogens with zero attached hydrogens (tertiary/aromatic N) is 3. The Kier molecular flexibility index (Phi) is 9.59. The van der Waals surface area contributed by atoms with E-state index in [2.05, 4.69) is 16.4 Å². The molecule has 0 aliphatic carbocycles. The number of benzene rings is 3. The van der Waals surface area contributed by atoms with Crippen LogP contribution in [-0.2, 0) is 11.3 Å². The van der Waals surface area contributed by atoms with Gasteiger partial charge in [0.05, 0.1) is 12.7 Å². The molecule has 1 saturated heterocycles. The Labute approximate surface area is 278 Å². The molecule has 244 valence electrons. The number of anilines is 2. The first-order valence-electron chi connectivity index (χ1n) is 15.9. The van der Waals surface area contributed by atoms with Gasteiger partial charge in [-0.15, -0.1) is 0 Å². The number of ether oxygens (including phenoxy) is 1. The van der Waals surface area contributed by atoms with Crippen molar-refractivity contribution in [2.45, 2.75) is 45.7 Å². The number of halogens is 1. The monoisotopic (exact) mass is 644 g/mol. The van der Waals surface area contributed by atoms with E-state index in [0.29, 0.717) is 41.9 Å². The van der Waals surface area contributed by atoms with Gasteiger partial charge >= 0.3 is 5.97 Å². The molecule has 0 saturated carbocycles. The fraction of sp³-hybridized carbons (Fsp3) is 0.231. The van der Waals surface area contributed by atoms with Gasteiger partial charge in [0, 0.05) is 35.6 Å². The molecule has 0 spiro atoms. The molecule has 2 aromatic heterocycles. The van der Waals surface area contributed by atoms with Crippen LogP contribution in [0.4, 0.5) is 15.9 Å². The van der Waals surface area contributed by atoms with E-state index in [9.17, 15) is 14.7 Å². The van der Waals surface area contributed by atoms with E-state index < -0.39 is 17.8 Å². The Morgan fingerprint density at radius 2 is 1.81 bits per heavy atom. The van der Waals surface area contributed by atoms with E-state index in [4.69, 9.17) is 9.72 Å². The molecule has 2 N–H and O–H groups in total. The Balaban J connectivity index is 1.27. The van der Waals surface area contributed by atoms with Crippen molar-refractivity contribution in [1.29, 1.82) is 0 Å². The van der Waals surface area contributed by atoms with E-state index in [1.807, 2.05) is 61.2 Å². The molecule has 1 aliphatic rings. The van der Waals surface area contributed by atoms with Gasteiger partial charge in [-0.25, -0.2) is 9.37 Å². The average Bonchev–Trinajstić information content (AvgIpc) is 3.10. The average molecular weight is 645 g/mol. The van der Waals surface area contributed by atoms with E-state index in [0.717, 1.165) is 69.4 Å². The van der Waals surface area contributed by atoms with Gasteiger partial charge in [0.1, 0.15) is 23.1 Å². The van der Waals surface area contributed by atoms with Gasteiger partial charge in [-0.1, -0.05) is 42.8 Å². The molecule has 3 heterocycles. The van der Waals surface area contributed by atoms with Crippen LogP contribution in [-0.4, -0.2) is 51.9 Å². The number of rotatable bonds is 10. The second-order valence-electron chi connectivity index (χ2n) is 12.1. The van der Waals surface area contributed by atoms with Gasteiger partial charge in [-0.05, 0) is 103 Å². The van der Waals surface area contributed by atoms with Crippen molar-refractivity contribution in [2.24, 2.45) is 0 Å². The smallest absolute Gasteiger partial charge is 0.320 e. The lowest BCUT2D eigenvalue weighted by atomic mass is 9.92. The number of methoxy groups -OCH3 is 1. The van der Waals surface area contributed by atoms with Crippen LogP contribution in [0.1, 0.15) is 57.4 Å². The summed E-state index contributed by atoms with van der Waals surface area (Å²) in [6, 6.07) is 20.0. The number of likely N-dealkylation sites (tertiary alicyclic amines) is 1. The molecular weight excluding hydrogens is 607 g/mol. The number of carboxylic acid groups (broad SMARTS) is 1. The predicted molar refractivity (Wildman–Crippen MR) is 187 cm³/mol. The van der Waals surface area contributed by atoms with Crippen molar-refractivity contribution in [3.8, 4) is 16.9 Å². The predicted octanol–water partition coefficient (Wildman–Crippen LogP) is 8.39. The van der Waals surface area contributed by atoms with Crippen LogP contribution in [0.3, 0.4) is 0 Å². The lowest BCUT2D eigenvalue weighted by Crippen LogP contribution is -2.44. The number of nitrogens with one attached hydrogen (secondary N) is 1. The van der Waals surface area contributed by atoms with Crippen LogP contribution in [0.25, 0.3) is 33.9 Å². The van der Waals surface area contributed by atoms with Crippen molar-refractivity contribution in [3.63, 3.8) is 0 Å². The standard InChI is InChI=1S/C39H37FN4O4/c1-24-27(19-33(40)28-13-14-30(23-45)36(20-28)48-3)8-6-9-31(24)32-10-7-11-34(25(32)2)43-38-37-29(15-16-41-38)18-26(21-42-37)22-44-17-5-4-12-35(44)39(46)47/h6-11,13-16,18-21,23,35H,4-5,12,17,22H2,1-3H3,(H,41,43)(H,46,47)/b33-19-. The molecule has 3 aromatic carbocycles. The number of aromatic nitrogens is 2. The maximum Gasteiger partial charge on any atom is 0.320 e. The molecule has 0 bridgehead atoms. The zero-order valence-corrected chi connectivity index (χ0v) is 27.2. The summed E-state index contributed by atoms with van der Waals surface area (Å²) in [4.78, 5) is 34.4. The third kappa shape index (κ3) is 6.68. The van der Waals surface area contributed by atoms with Crippen LogP contribution in [0, 0.1) is 13.8 Å². The fourth-order valence-corrected chi connectivity index (χ4v) is 6.45. The number of carbonyl (C=O) groups is 2. The molecule has 6 rings (SSSR count). The molecule has 0 radical (unpaired) electrons. The highest BCUT2D eigenvalue weighted by molar-refractivity contribution is 5.91. The summed E-state index contributed by atoms with van der Waals surface area (Å²) in [5.74, 6) is -0.273. The van der Waals surface area contributed by atoms with Gasteiger partial charge in [0.2, 0.25) is 0 Å². The molecular formula is C39H37FN4O4. The Hall–Kier alpha value is -5.41. The number of hydrogen-bond donors (Lipinski definition) is 2. The summed E-state index contributed by atoms with van der Waals surface area (Å²) < 4.78 is 20.7. The van der Waals surface area contributed by atoms with E-state index in [-0.39, 0.29) is 0 Å². The third-order valence-corrected chi connectivity index (χ3v) is 9.11. The number of hydrogen-bond acceptors (Lipinski definition) is 7. The summed E-state index contributed by atoms with van der Waals surface area (Å²) in [5, 5.41) is 14.1. The van der Waals surface area contributed by atoms with E-state index in [1.165, 1.54) is 19.3 Å². The number of piperidine rings is 1. The minimum atomic E-state index is -0.773.